The van der Waals surface area contributed by atoms with Crippen LogP contribution in [-0.4, -0.2) is 19.6 Å². The molecule has 0 unspecified atom stereocenters. The van der Waals surface area contributed by atoms with E-state index in [0.29, 0.717) is 22.8 Å². The molecule has 0 saturated carbocycles. The summed E-state index contributed by atoms with van der Waals surface area (Å²) in [5.41, 5.74) is 1.16. The summed E-state index contributed by atoms with van der Waals surface area (Å²) in [6.45, 7) is 0.418. The Morgan fingerprint density at radius 3 is 3.00 bits per heavy atom. The van der Waals surface area contributed by atoms with E-state index in [1.807, 2.05) is 6.07 Å². The lowest BCUT2D eigenvalue weighted by atomic mass is 10.2. The molecule has 0 aliphatic heterocycles. The van der Waals surface area contributed by atoms with Crippen LogP contribution in [0.4, 0.5) is 5.69 Å². The molecular formula is C11H11ClN2O2. The minimum Gasteiger partial charge on any atom is -0.469 e. The van der Waals surface area contributed by atoms with E-state index < -0.39 is 0 Å². The molecule has 16 heavy (non-hydrogen) atoms. The van der Waals surface area contributed by atoms with Gasteiger partial charge >= 0.3 is 5.97 Å². The van der Waals surface area contributed by atoms with Crippen molar-refractivity contribution in [3.8, 4) is 6.07 Å². The molecular weight excluding hydrogens is 228 g/mol. The smallest absolute Gasteiger partial charge is 0.307 e. The number of ether oxygens (including phenoxy) is 1. The number of nitriles is 1. The van der Waals surface area contributed by atoms with Crippen molar-refractivity contribution in [2.24, 2.45) is 0 Å². The fourth-order valence-corrected chi connectivity index (χ4v) is 1.32. The van der Waals surface area contributed by atoms with E-state index in [4.69, 9.17) is 16.9 Å². The van der Waals surface area contributed by atoms with Gasteiger partial charge in [0.15, 0.2) is 0 Å². The van der Waals surface area contributed by atoms with Crippen LogP contribution in [0.5, 0.6) is 0 Å². The molecule has 0 bridgehead atoms. The van der Waals surface area contributed by atoms with Gasteiger partial charge in [-0.3, -0.25) is 4.79 Å². The van der Waals surface area contributed by atoms with Gasteiger partial charge in [-0.15, -0.1) is 0 Å². The molecule has 1 rings (SSSR count). The first-order valence-corrected chi connectivity index (χ1v) is 5.05. The second-order valence-electron chi connectivity index (χ2n) is 3.06. The molecule has 1 N–H and O–H groups in total. The quantitative estimate of drug-likeness (QED) is 0.817. The lowest BCUT2D eigenvalue weighted by Crippen LogP contribution is -2.09. The number of anilines is 1. The monoisotopic (exact) mass is 238 g/mol. The van der Waals surface area contributed by atoms with Gasteiger partial charge in [0.05, 0.1) is 35.9 Å². The number of hydrogen-bond donors (Lipinski definition) is 1. The van der Waals surface area contributed by atoms with Gasteiger partial charge in [0.2, 0.25) is 0 Å². The summed E-state index contributed by atoms with van der Waals surface area (Å²) < 4.78 is 4.50. The van der Waals surface area contributed by atoms with Gasteiger partial charge in [0.25, 0.3) is 0 Å². The van der Waals surface area contributed by atoms with Crippen LogP contribution in [0.2, 0.25) is 5.02 Å². The van der Waals surface area contributed by atoms with Crippen molar-refractivity contribution in [1.82, 2.24) is 0 Å². The number of carbonyl (C=O) groups is 1. The van der Waals surface area contributed by atoms with Crippen molar-refractivity contribution < 1.29 is 9.53 Å². The lowest BCUT2D eigenvalue weighted by Gasteiger charge is -2.07. The van der Waals surface area contributed by atoms with Gasteiger partial charge in [-0.05, 0) is 18.2 Å². The van der Waals surface area contributed by atoms with Crippen molar-refractivity contribution in [2.75, 3.05) is 19.0 Å². The van der Waals surface area contributed by atoms with E-state index in [9.17, 15) is 4.79 Å². The van der Waals surface area contributed by atoms with Crippen LogP contribution in [0.1, 0.15) is 12.0 Å². The third kappa shape index (κ3) is 3.44. The van der Waals surface area contributed by atoms with Crippen molar-refractivity contribution in [1.29, 1.82) is 5.26 Å². The van der Waals surface area contributed by atoms with Crippen LogP contribution in [0.15, 0.2) is 18.2 Å². The molecule has 0 amide bonds. The predicted molar refractivity (Wildman–Crippen MR) is 61.3 cm³/mol. The van der Waals surface area contributed by atoms with Crippen LogP contribution in [-0.2, 0) is 9.53 Å². The fourth-order valence-electron chi connectivity index (χ4n) is 1.13. The number of esters is 1. The van der Waals surface area contributed by atoms with E-state index in [0.717, 1.165) is 0 Å². The number of rotatable bonds is 4. The highest BCUT2D eigenvalue weighted by molar-refractivity contribution is 6.33. The van der Waals surface area contributed by atoms with Gasteiger partial charge in [0, 0.05) is 6.54 Å². The Labute approximate surface area is 98.8 Å². The van der Waals surface area contributed by atoms with E-state index in [-0.39, 0.29) is 12.4 Å². The van der Waals surface area contributed by atoms with Crippen molar-refractivity contribution in [3.05, 3.63) is 28.8 Å². The molecule has 0 saturated heterocycles. The Kier molecular flexibility index (Phi) is 4.62. The Balaban J connectivity index is 2.60. The Bertz CT molecular complexity index is 426. The van der Waals surface area contributed by atoms with Crippen LogP contribution in [0.3, 0.4) is 0 Å². The fraction of sp³-hybridized carbons (Fsp3) is 0.273. The highest BCUT2D eigenvalue weighted by atomic mass is 35.5. The Hall–Kier alpha value is -1.73. The van der Waals surface area contributed by atoms with E-state index in [1.165, 1.54) is 7.11 Å². The highest BCUT2D eigenvalue weighted by Gasteiger charge is 2.03. The molecule has 0 aromatic heterocycles. The first-order valence-electron chi connectivity index (χ1n) is 4.67. The first-order chi connectivity index (χ1) is 7.67. The average molecular weight is 239 g/mol. The van der Waals surface area contributed by atoms with Crippen LogP contribution in [0.25, 0.3) is 0 Å². The molecule has 0 spiro atoms. The summed E-state index contributed by atoms with van der Waals surface area (Å²) in [5.74, 6) is -0.292. The molecule has 0 atom stereocenters. The van der Waals surface area contributed by atoms with Gasteiger partial charge in [0.1, 0.15) is 0 Å². The summed E-state index contributed by atoms with van der Waals surface area (Å²) in [7, 11) is 1.34. The Morgan fingerprint density at radius 2 is 2.38 bits per heavy atom. The van der Waals surface area contributed by atoms with Crippen molar-refractivity contribution in [2.45, 2.75) is 6.42 Å². The zero-order valence-corrected chi connectivity index (χ0v) is 9.54. The predicted octanol–water partition coefficient (Wildman–Crippen LogP) is 2.19. The van der Waals surface area contributed by atoms with Gasteiger partial charge in [-0.2, -0.15) is 5.26 Å². The van der Waals surface area contributed by atoms with Crippen LogP contribution >= 0.6 is 11.6 Å². The number of halogens is 1. The van der Waals surface area contributed by atoms with Crippen LogP contribution < -0.4 is 5.32 Å². The van der Waals surface area contributed by atoms with Crippen molar-refractivity contribution in [3.63, 3.8) is 0 Å². The molecule has 4 nitrogen and oxygen atoms in total. The maximum atomic E-state index is 10.9. The highest BCUT2D eigenvalue weighted by Crippen LogP contribution is 2.22. The number of nitrogens with zero attached hydrogens (tertiary/aromatic N) is 1. The minimum atomic E-state index is -0.292. The maximum absolute atomic E-state index is 10.9. The molecule has 0 heterocycles. The van der Waals surface area contributed by atoms with E-state index in [1.54, 1.807) is 18.2 Å². The Morgan fingerprint density at radius 1 is 1.62 bits per heavy atom. The molecule has 5 heteroatoms. The molecule has 0 aliphatic carbocycles. The number of carbonyl (C=O) groups excluding carboxylic acids is 1. The molecule has 1 aromatic carbocycles. The number of benzene rings is 1. The normalized spacial score (nSPS) is 9.31. The third-order valence-electron chi connectivity index (χ3n) is 1.97. The third-order valence-corrected chi connectivity index (χ3v) is 2.30. The van der Waals surface area contributed by atoms with Gasteiger partial charge in [-0.25, -0.2) is 0 Å². The second-order valence-corrected chi connectivity index (χ2v) is 3.47. The summed E-state index contributed by atoms with van der Waals surface area (Å²) >= 11 is 5.91. The lowest BCUT2D eigenvalue weighted by molar-refractivity contribution is -0.140. The maximum Gasteiger partial charge on any atom is 0.307 e. The molecule has 0 fully saturated rings. The molecule has 0 radical (unpaired) electrons. The molecule has 84 valence electrons. The average Bonchev–Trinajstić information content (AvgIpc) is 2.31. The summed E-state index contributed by atoms with van der Waals surface area (Å²) in [4.78, 5) is 10.9. The summed E-state index contributed by atoms with van der Waals surface area (Å²) in [5, 5.41) is 12.2. The largest absolute Gasteiger partial charge is 0.469 e. The SMILES string of the molecule is COC(=O)CCNc1cc(C#N)ccc1Cl. The molecule has 1 aromatic rings. The number of methoxy groups -OCH3 is 1. The van der Waals surface area contributed by atoms with Crippen LogP contribution in [0, 0.1) is 11.3 Å². The van der Waals surface area contributed by atoms with Crippen molar-refractivity contribution >= 4 is 23.3 Å². The number of nitrogens with one attached hydrogen (secondary N) is 1. The zero-order valence-electron chi connectivity index (χ0n) is 8.79. The standard InChI is InChI=1S/C11H11ClN2O2/c1-16-11(15)4-5-14-10-6-8(7-13)2-3-9(10)12/h2-3,6,14H,4-5H2,1H3. The number of hydrogen-bond acceptors (Lipinski definition) is 4. The first kappa shape index (κ1) is 12.3. The van der Waals surface area contributed by atoms with Gasteiger partial charge in [-0.1, -0.05) is 11.6 Å². The minimum absolute atomic E-state index is 0.254. The topological polar surface area (TPSA) is 62.1 Å². The summed E-state index contributed by atoms with van der Waals surface area (Å²) in [6, 6.07) is 6.93. The zero-order chi connectivity index (χ0) is 12.0. The second kappa shape index (κ2) is 5.99. The molecule has 0 aliphatic rings. The van der Waals surface area contributed by atoms with E-state index in [2.05, 4.69) is 10.1 Å². The summed E-state index contributed by atoms with van der Waals surface area (Å²) in [6.07, 6.45) is 0.254. The van der Waals surface area contributed by atoms with Gasteiger partial charge < -0.3 is 10.1 Å². The van der Waals surface area contributed by atoms with E-state index >= 15 is 0 Å².